The van der Waals surface area contributed by atoms with Crippen LogP contribution in [0, 0.1) is 0 Å². The summed E-state index contributed by atoms with van der Waals surface area (Å²) in [6.45, 7) is 0. The molecule has 0 aromatic heterocycles. The normalized spacial score (nSPS) is 19.0. The lowest BCUT2D eigenvalue weighted by atomic mass is 9.49. The van der Waals surface area contributed by atoms with Crippen LogP contribution in [0.4, 0.5) is 11.4 Å². The van der Waals surface area contributed by atoms with Gasteiger partial charge < -0.3 is 4.90 Å². The molecule has 0 bridgehead atoms. The second-order valence-corrected chi connectivity index (χ2v) is 16.5. The number of rotatable bonds is 2. The van der Waals surface area contributed by atoms with Crippen LogP contribution < -0.4 is 4.90 Å². The summed E-state index contributed by atoms with van der Waals surface area (Å²) < 4.78 is 0. The number of hydrogen-bond donors (Lipinski definition) is 0. The molecular formula is C56H39N. The Bertz CT molecular complexity index is 2910. The van der Waals surface area contributed by atoms with Gasteiger partial charge in [-0.3, -0.25) is 0 Å². The molecule has 0 N–H and O–H groups in total. The lowest BCUT2D eigenvalue weighted by Crippen LogP contribution is -2.46. The van der Waals surface area contributed by atoms with E-state index in [1.165, 1.54) is 101 Å². The first-order valence-corrected chi connectivity index (χ1v) is 20.6. The zero-order valence-corrected chi connectivity index (χ0v) is 31.6. The highest BCUT2D eigenvalue weighted by atomic mass is 15.2. The molecule has 6 aliphatic rings. The van der Waals surface area contributed by atoms with Gasteiger partial charge in [-0.25, -0.2) is 0 Å². The van der Waals surface area contributed by atoms with Crippen LogP contribution in [0.2, 0.25) is 0 Å². The number of allylic oxidation sites excluding steroid dienone is 8. The van der Waals surface area contributed by atoms with Crippen molar-refractivity contribution in [3.05, 3.63) is 250 Å². The van der Waals surface area contributed by atoms with Crippen LogP contribution in [0.3, 0.4) is 0 Å². The zero-order valence-electron chi connectivity index (χ0n) is 31.6. The van der Waals surface area contributed by atoms with Crippen LogP contribution in [0.1, 0.15) is 64.1 Å². The Labute approximate surface area is 334 Å². The number of fused-ring (bicyclic) bond motifs is 19. The van der Waals surface area contributed by atoms with E-state index < -0.39 is 10.8 Å². The summed E-state index contributed by atoms with van der Waals surface area (Å²) >= 11 is 0. The molecule has 1 nitrogen and oxygen atoms in total. The smallest absolute Gasteiger partial charge is 0.0717 e. The van der Waals surface area contributed by atoms with Crippen LogP contribution in [0.5, 0.6) is 0 Å². The molecule has 1 atom stereocenters. The summed E-state index contributed by atoms with van der Waals surface area (Å²) in [5.74, 6) is 0.408. The maximum absolute atomic E-state index is 2.61. The molecule has 7 aromatic carbocycles. The van der Waals surface area contributed by atoms with E-state index >= 15 is 0 Å². The predicted molar refractivity (Wildman–Crippen MR) is 234 cm³/mol. The van der Waals surface area contributed by atoms with Gasteiger partial charge in [-0.2, -0.15) is 0 Å². The first-order valence-electron chi connectivity index (χ1n) is 20.6. The second kappa shape index (κ2) is 11.4. The molecule has 0 fully saturated rings. The minimum absolute atomic E-state index is 0.408. The average molecular weight is 726 g/mol. The third-order valence-electron chi connectivity index (χ3n) is 14.1. The first-order chi connectivity index (χ1) is 28.3. The van der Waals surface area contributed by atoms with Crippen molar-refractivity contribution >= 4 is 11.4 Å². The van der Waals surface area contributed by atoms with E-state index in [0.717, 1.165) is 19.3 Å². The Kier molecular flexibility index (Phi) is 6.32. The molecule has 2 spiro atoms. The molecule has 0 saturated carbocycles. The van der Waals surface area contributed by atoms with E-state index in [-0.39, 0.29) is 0 Å². The van der Waals surface area contributed by atoms with Gasteiger partial charge in [0.05, 0.1) is 10.8 Å². The van der Waals surface area contributed by atoms with Gasteiger partial charge in [0.15, 0.2) is 0 Å². The van der Waals surface area contributed by atoms with Crippen LogP contribution in [-0.2, 0) is 10.8 Å². The van der Waals surface area contributed by atoms with Gasteiger partial charge in [0.2, 0.25) is 0 Å². The molecule has 57 heavy (non-hydrogen) atoms. The molecule has 1 aliphatic heterocycles. The lowest BCUT2D eigenvalue weighted by Gasteiger charge is -2.52. The fraction of sp³-hybridized carbons (Fsp3) is 0.107. The van der Waals surface area contributed by atoms with E-state index in [2.05, 4.69) is 199 Å². The van der Waals surface area contributed by atoms with E-state index in [1.54, 1.807) is 0 Å². The molecule has 268 valence electrons. The van der Waals surface area contributed by atoms with Crippen LogP contribution in [-0.4, -0.2) is 0 Å². The summed E-state index contributed by atoms with van der Waals surface area (Å²) in [6, 6.07) is 62.7. The lowest BCUT2D eigenvalue weighted by molar-refractivity contribution is 0.604. The van der Waals surface area contributed by atoms with Gasteiger partial charge >= 0.3 is 0 Å². The van der Waals surface area contributed by atoms with E-state index in [4.69, 9.17) is 0 Å². The third-order valence-corrected chi connectivity index (χ3v) is 14.1. The summed E-state index contributed by atoms with van der Waals surface area (Å²) in [4.78, 5) is 2.48. The summed E-state index contributed by atoms with van der Waals surface area (Å²) in [7, 11) is 0. The predicted octanol–water partition coefficient (Wildman–Crippen LogP) is 13.7. The number of benzene rings is 7. The Balaban J connectivity index is 1.08. The third kappa shape index (κ3) is 3.85. The Hall–Kier alpha value is -6.70. The molecule has 0 saturated heterocycles. The molecule has 1 heterocycles. The SMILES string of the molecule is C1=CCC2C(=C1)N(c1ccc(-c3ccc4c(c3)C3(C5=CCCC=C5C45c4ccccc4-c4ccccc45)c4ccccc4-c4ccccc43)cc1)c1ccccc12. The minimum atomic E-state index is -0.447. The minimum Gasteiger partial charge on any atom is -0.313 e. The van der Waals surface area contributed by atoms with E-state index in [1.807, 2.05) is 0 Å². The summed E-state index contributed by atoms with van der Waals surface area (Å²) in [5.41, 5.74) is 23.6. The molecule has 7 aromatic rings. The number of nitrogens with zero attached hydrogens (tertiary/aromatic N) is 1. The number of anilines is 2. The highest BCUT2D eigenvalue weighted by Gasteiger charge is 2.61. The standard InChI is InChI=1S/C56H39N/c1-7-21-45-39(15-1)40-16-2-8-22-46(40)55(45)49-25-11-12-26-50(49)56(47-23-9-3-17-41(47)42-18-4-10-24-48(42)56)52-35-37(31-34-51(52)55)36-29-32-38(33-30-36)57-53-27-13-5-19-43(53)44-20-6-14-28-54(44)57/h1-10,13-19,21-35,44H,11-12,20H2. The first kappa shape index (κ1) is 31.5. The van der Waals surface area contributed by atoms with Crippen molar-refractivity contribution < 1.29 is 0 Å². The Morgan fingerprint density at radius 3 is 1.56 bits per heavy atom. The van der Waals surface area contributed by atoms with Crippen molar-refractivity contribution in [3.63, 3.8) is 0 Å². The van der Waals surface area contributed by atoms with Crippen molar-refractivity contribution in [2.45, 2.75) is 36.0 Å². The highest BCUT2D eigenvalue weighted by Crippen LogP contribution is 2.70. The van der Waals surface area contributed by atoms with Crippen LogP contribution in [0.25, 0.3) is 33.4 Å². The zero-order chi connectivity index (χ0) is 37.3. The van der Waals surface area contributed by atoms with Gasteiger partial charge in [-0.05, 0) is 133 Å². The van der Waals surface area contributed by atoms with Crippen molar-refractivity contribution in [2.24, 2.45) is 0 Å². The van der Waals surface area contributed by atoms with Gasteiger partial charge in [-0.15, -0.1) is 0 Å². The van der Waals surface area contributed by atoms with Crippen molar-refractivity contribution in [1.29, 1.82) is 0 Å². The average Bonchev–Trinajstić information content (AvgIpc) is 3.89. The molecule has 1 heteroatoms. The summed E-state index contributed by atoms with van der Waals surface area (Å²) in [6.07, 6.45) is 15.2. The topological polar surface area (TPSA) is 3.24 Å². The maximum Gasteiger partial charge on any atom is 0.0717 e. The van der Waals surface area contributed by atoms with Crippen molar-refractivity contribution in [2.75, 3.05) is 4.90 Å². The van der Waals surface area contributed by atoms with Gasteiger partial charge in [0.1, 0.15) is 0 Å². The van der Waals surface area contributed by atoms with Gasteiger partial charge in [0.25, 0.3) is 0 Å². The molecule has 13 rings (SSSR count). The quantitative estimate of drug-likeness (QED) is 0.172. The molecular weight excluding hydrogens is 687 g/mol. The fourth-order valence-electron chi connectivity index (χ4n) is 12.0. The molecule has 0 radical (unpaired) electrons. The van der Waals surface area contributed by atoms with Crippen LogP contribution in [0.15, 0.2) is 211 Å². The van der Waals surface area contributed by atoms with E-state index in [9.17, 15) is 0 Å². The van der Waals surface area contributed by atoms with E-state index in [0.29, 0.717) is 5.92 Å². The highest BCUT2D eigenvalue weighted by molar-refractivity contribution is 5.95. The Morgan fingerprint density at radius 2 is 0.965 bits per heavy atom. The summed E-state index contributed by atoms with van der Waals surface area (Å²) in [5, 5.41) is 0. The monoisotopic (exact) mass is 725 g/mol. The Morgan fingerprint density at radius 1 is 0.456 bits per heavy atom. The van der Waals surface area contributed by atoms with Crippen LogP contribution >= 0.6 is 0 Å². The molecule has 5 aliphatic carbocycles. The van der Waals surface area contributed by atoms with Crippen molar-refractivity contribution in [3.8, 4) is 33.4 Å². The second-order valence-electron chi connectivity index (χ2n) is 16.5. The van der Waals surface area contributed by atoms with Gasteiger partial charge in [0, 0.05) is 23.0 Å². The number of para-hydroxylation sites is 1. The molecule has 1 unspecified atom stereocenters. The molecule has 0 amide bonds. The largest absolute Gasteiger partial charge is 0.313 e. The van der Waals surface area contributed by atoms with Crippen molar-refractivity contribution in [1.82, 2.24) is 0 Å². The number of hydrogen-bond acceptors (Lipinski definition) is 1. The van der Waals surface area contributed by atoms with Gasteiger partial charge in [-0.1, -0.05) is 164 Å². The fourth-order valence-corrected chi connectivity index (χ4v) is 12.0. The maximum atomic E-state index is 2.61.